The normalized spacial score (nSPS) is 14.0. The lowest BCUT2D eigenvalue weighted by molar-refractivity contribution is -0.124. The van der Waals surface area contributed by atoms with Gasteiger partial charge in [0.05, 0.1) is 0 Å². The number of anilines is 2. The van der Waals surface area contributed by atoms with Crippen molar-refractivity contribution in [3.63, 3.8) is 0 Å². The smallest absolute Gasteiger partial charge is 0.258 e. The van der Waals surface area contributed by atoms with Crippen LogP contribution in [0, 0.1) is 26.5 Å². The molecule has 31 heavy (non-hydrogen) atoms. The molecule has 0 aliphatic carbocycles. The SMILES string of the molecule is [2H]C([2H])([2H])c1nc(-c2cnc(NC(=O)[C@H](O)c3cccc(F)c3)cc2C)c2c(N)ncc(C)n12. The first-order valence-electron chi connectivity index (χ1n) is 10.8. The van der Waals surface area contributed by atoms with Gasteiger partial charge in [0.15, 0.2) is 6.10 Å². The van der Waals surface area contributed by atoms with Crippen LogP contribution in [-0.4, -0.2) is 30.4 Å². The standard InChI is InChI=1S/C22H21FN6O2/c1-11-7-17(28-22(31)20(30)14-5-4-6-15(23)8-14)25-10-16(11)18-19-21(24)26-9-12(2)29(19)13(3)27-18/h4-10,20,30H,1-3H3,(H2,24,26)(H,25,28,31)/t20-/m1/s1/i3D3. The predicted molar refractivity (Wildman–Crippen MR) is 115 cm³/mol. The van der Waals surface area contributed by atoms with E-state index in [0.717, 1.165) is 6.07 Å². The number of carbonyl (C=O) groups is 1. The second-order valence-corrected chi connectivity index (χ2v) is 7.08. The zero-order chi connectivity index (χ0) is 24.8. The van der Waals surface area contributed by atoms with Crippen molar-refractivity contribution in [1.82, 2.24) is 19.4 Å². The maximum Gasteiger partial charge on any atom is 0.258 e. The molecule has 4 N–H and O–H groups in total. The number of fused-ring (bicyclic) bond motifs is 1. The Balaban J connectivity index is 1.71. The number of amides is 1. The van der Waals surface area contributed by atoms with E-state index in [-0.39, 0.29) is 23.0 Å². The molecule has 0 aliphatic heterocycles. The highest BCUT2D eigenvalue weighted by atomic mass is 19.1. The summed E-state index contributed by atoms with van der Waals surface area (Å²) in [4.78, 5) is 25.1. The average Bonchev–Trinajstić information content (AvgIpc) is 3.18. The number of rotatable bonds is 4. The van der Waals surface area contributed by atoms with Crippen molar-refractivity contribution in [3.05, 3.63) is 71.2 Å². The molecule has 3 heterocycles. The van der Waals surface area contributed by atoms with Gasteiger partial charge in [0, 0.05) is 27.8 Å². The number of imidazole rings is 1. The first kappa shape index (κ1) is 16.9. The summed E-state index contributed by atoms with van der Waals surface area (Å²) >= 11 is 0. The molecule has 0 saturated heterocycles. The molecule has 0 radical (unpaired) electrons. The maximum atomic E-state index is 13.4. The molecule has 0 spiro atoms. The van der Waals surface area contributed by atoms with Crippen LogP contribution in [0.4, 0.5) is 16.0 Å². The van der Waals surface area contributed by atoms with Crippen molar-refractivity contribution in [2.45, 2.75) is 26.8 Å². The Morgan fingerprint density at radius 2 is 2.10 bits per heavy atom. The maximum absolute atomic E-state index is 13.4. The number of nitrogens with zero attached hydrogens (tertiary/aromatic N) is 4. The Morgan fingerprint density at radius 3 is 2.81 bits per heavy atom. The number of hydrogen-bond acceptors (Lipinski definition) is 6. The topological polar surface area (TPSA) is 118 Å². The molecule has 4 rings (SSSR count). The number of nitrogen functional groups attached to an aromatic ring is 1. The van der Waals surface area contributed by atoms with Crippen LogP contribution < -0.4 is 11.1 Å². The van der Waals surface area contributed by atoms with E-state index < -0.39 is 24.7 Å². The van der Waals surface area contributed by atoms with Crippen molar-refractivity contribution >= 4 is 23.1 Å². The van der Waals surface area contributed by atoms with Crippen LogP contribution in [0.15, 0.2) is 42.7 Å². The van der Waals surface area contributed by atoms with Gasteiger partial charge in [0.25, 0.3) is 5.91 Å². The van der Waals surface area contributed by atoms with Gasteiger partial charge in [-0.2, -0.15) is 0 Å². The quantitative estimate of drug-likeness (QED) is 0.464. The fourth-order valence-electron chi connectivity index (χ4n) is 3.36. The molecule has 1 atom stereocenters. The third-order valence-electron chi connectivity index (χ3n) is 4.89. The molecular weight excluding hydrogens is 399 g/mol. The number of hydrogen-bond donors (Lipinski definition) is 3. The summed E-state index contributed by atoms with van der Waals surface area (Å²) in [6.07, 6.45) is 1.30. The predicted octanol–water partition coefficient (Wildman–Crippen LogP) is 3.11. The van der Waals surface area contributed by atoms with Gasteiger partial charge < -0.3 is 16.2 Å². The molecule has 3 aromatic heterocycles. The van der Waals surface area contributed by atoms with E-state index in [1.54, 1.807) is 19.9 Å². The summed E-state index contributed by atoms with van der Waals surface area (Å²) < 4.78 is 38.5. The second-order valence-electron chi connectivity index (χ2n) is 7.08. The van der Waals surface area contributed by atoms with E-state index in [2.05, 4.69) is 20.3 Å². The molecular formula is C22H21FN6O2. The van der Waals surface area contributed by atoms with Crippen molar-refractivity contribution in [2.75, 3.05) is 11.1 Å². The third-order valence-corrected chi connectivity index (χ3v) is 4.89. The summed E-state index contributed by atoms with van der Waals surface area (Å²) in [6.45, 7) is 0.936. The molecule has 0 saturated carbocycles. The Kier molecular flexibility index (Phi) is 4.23. The second kappa shape index (κ2) is 7.77. The lowest BCUT2D eigenvalue weighted by Crippen LogP contribution is -2.21. The third kappa shape index (κ3) is 3.71. The molecule has 0 unspecified atom stereocenters. The van der Waals surface area contributed by atoms with Gasteiger partial charge in [-0.25, -0.2) is 19.3 Å². The van der Waals surface area contributed by atoms with Gasteiger partial charge in [-0.3, -0.25) is 9.20 Å². The molecule has 0 aliphatic rings. The Bertz CT molecular complexity index is 1420. The number of nitrogens with one attached hydrogen (secondary N) is 1. The molecule has 158 valence electrons. The van der Waals surface area contributed by atoms with Gasteiger partial charge in [0.2, 0.25) is 0 Å². The minimum Gasteiger partial charge on any atom is -0.382 e. The van der Waals surface area contributed by atoms with Crippen LogP contribution in [0.5, 0.6) is 0 Å². The van der Waals surface area contributed by atoms with E-state index in [9.17, 15) is 14.3 Å². The van der Waals surface area contributed by atoms with Crippen LogP contribution >= 0.6 is 0 Å². The summed E-state index contributed by atoms with van der Waals surface area (Å²) in [6, 6.07) is 6.65. The number of aliphatic hydroxyl groups excluding tert-OH is 1. The average molecular weight is 423 g/mol. The van der Waals surface area contributed by atoms with E-state index in [1.807, 2.05) is 0 Å². The number of aryl methyl sites for hydroxylation is 3. The summed E-state index contributed by atoms with van der Waals surface area (Å²) in [5, 5.41) is 12.7. The van der Waals surface area contributed by atoms with Crippen molar-refractivity contribution < 1.29 is 18.4 Å². The molecule has 0 fully saturated rings. The fraction of sp³-hybridized carbons (Fsp3) is 0.182. The molecule has 4 aromatic rings. The Hall–Kier alpha value is -3.85. The van der Waals surface area contributed by atoms with Gasteiger partial charge >= 0.3 is 0 Å². The van der Waals surface area contributed by atoms with Crippen LogP contribution in [0.1, 0.15) is 32.9 Å². The fourth-order valence-corrected chi connectivity index (χ4v) is 3.36. The number of aromatic nitrogens is 4. The Labute approximate surface area is 181 Å². The molecule has 9 heteroatoms. The van der Waals surface area contributed by atoms with Gasteiger partial charge in [0.1, 0.15) is 34.5 Å². The van der Waals surface area contributed by atoms with Crippen LogP contribution in [0.2, 0.25) is 0 Å². The van der Waals surface area contributed by atoms with Gasteiger partial charge in [-0.15, -0.1) is 0 Å². The summed E-state index contributed by atoms with van der Waals surface area (Å²) in [5.74, 6) is -1.26. The van der Waals surface area contributed by atoms with E-state index in [4.69, 9.17) is 9.85 Å². The minimum atomic E-state index is -2.50. The zero-order valence-corrected chi connectivity index (χ0v) is 16.7. The lowest BCUT2D eigenvalue weighted by atomic mass is 10.1. The van der Waals surface area contributed by atoms with Crippen molar-refractivity contribution in [2.24, 2.45) is 0 Å². The van der Waals surface area contributed by atoms with Crippen LogP contribution in [0.25, 0.3) is 16.8 Å². The number of halogens is 1. The van der Waals surface area contributed by atoms with Crippen LogP contribution in [-0.2, 0) is 4.79 Å². The van der Waals surface area contributed by atoms with E-state index in [1.165, 1.54) is 35.0 Å². The van der Waals surface area contributed by atoms with Gasteiger partial charge in [-0.1, -0.05) is 12.1 Å². The number of aliphatic hydroxyl groups is 1. The minimum absolute atomic E-state index is 0.103. The summed E-state index contributed by atoms with van der Waals surface area (Å²) in [5.41, 5.74) is 8.48. The molecule has 1 amide bonds. The van der Waals surface area contributed by atoms with E-state index in [0.29, 0.717) is 28.0 Å². The van der Waals surface area contributed by atoms with E-state index >= 15 is 0 Å². The highest BCUT2D eigenvalue weighted by Crippen LogP contribution is 2.31. The molecule has 0 bridgehead atoms. The van der Waals surface area contributed by atoms with Crippen LogP contribution in [0.3, 0.4) is 0 Å². The molecule has 1 aromatic carbocycles. The number of nitrogens with two attached hydrogens (primary N) is 1. The summed E-state index contributed by atoms with van der Waals surface area (Å²) in [7, 11) is 0. The first-order chi connectivity index (χ1) is 16.0. The lowest BCUT2D eigenvalue weighted by Gasteiger charge is -2.13. The zero-order valence-electron chi connectivity index (χ0n) is 19.7. The van der Waals surface area contributed by atoms with Gasteiger partial charge in [-0.05, 0) is 50.0 Å². The first-order valence-corrected chi connectivity index (χ1v) is 9.33. The molecule has 8 nitrogen and oxygen atoms in total. The number of pyridine rings is 1. The Morgan fingerprint density at radius 1 is 1.29 bits per heavy atom. The monoisotopic (exact) mass is 423 g/mol. The van der Waals surface area contributed by atoms with Crippen molar-refractivity contribution in [1.29, 1.82) is 0 Å². The highest BCUT2D eigenvalue weighted by molar-refractivity contribution is 5.94. The number of benzene rings is 1. The largest absolute Gasteiger partial charge is 0.382 e. The number of carbonyl (C=O) groups excluding carboxylic acids is 1. The highest BCUT2D eigenvalue weighted by Gasteiger charge is 2.20. The van der Waals surface area contributed by atoms with Crippen molar-refractivity contribution in [3.8, 4) is 11.3 Å².